The van der Waals surface area contributed by atoms with Gasteiger partial charge < -0.3 is 0 Å². The van der Waals surface area contributed by atoms with Crippen LogP contribution in [0.3, 0.4) is 0 Å². The molecular formula is C23H31N5. The summed E-state index contributed by atoms with van der Waals surface area (Å²) in [6.45, 7) is 12.8. The summed E-state index contributed by atoms with van der Waals surface area (Å²) in [6, 6.07) is 8.71. The lowest BCUT2D eigenvalue weighted by atomic mass is 9.89. The maximum Gasteiger partial charge on any atom is 0.0641 e. The van der Waals surface area contributed by atoms with E-state index in [1.54, 1.807) is 0 Å². The molecule has 1 aliphatic heterocycles. The second-order valence-corrected chi connectivity index (χ2v) is 8.08. The molecule has 1 saturated heterocycles. The van der Waals surface area contributed by atoms with E-state index >= 15 is 0 Å². The normalized spacial score (nSPS) is 16.0. The highest BCUT2D eigenvalue weighted by molar-refractivity contribution is 5.66. The number of hydrogen-bond donors (Lipinski definition) is 1. The molecule has 3 heterocycles. The number of nitrogens with zero attached hydrogens (tertiary/aromatic N) is 4. The molecule has 0 aliphatic carbocycles. The molecule has 1 N–H and O–H groups in total. The first-order chi connectivity index (χ1) is 13.6. The number of hydrogen-bond acceptors (Lipinski definition) is 3. The minimum Gasteiger partial charge on any atom is -0.299 e. The predicted octanol–water partition coefficient (Wildman–Crippen LogP) is 4.60. The van der Waals surface area contributed by atoms with Gasteiger partial charge in [-0.15, -0.1) is 0 Å². The molecule has 5 nitrogen and oxygen atoms in total. The summed E-state index contributed by atoms with van der Waals surface area (Å²) in [7, 11) is 0. The molecular weight excluding hydrogens is 346 g/mol. The first kappa shape index (κ1) is 18.9. The highest BCUT2D eigenvalue weighted by Crippen LogP contribution is 2.34. The molecule has 1 fully saturated rings. The summed E-state index contributed by atoms with van der Waals surface area (Å²) in [5, 5.41) is 12.4. The molecule has 1 aromatic carbocycles. The smallest absolute Gasteiger partial charge is 0.0641 e. The van der Waals surface area contributed by atoms with Gasteiger partial charge in [0.15, 0.2) is 0 Å². The van der Waals surface area contributed by atoms with Crippen LogP contribution in [0, 0.1) is 20.8 Å². The number of likely N-dealkylation sites (tertiary alicyclic amines) is 1. The van der Waals surface area contributed by atoms with Crippen LogP contribution in [0.15, 0.2) is 30.5 Å². The molecule has 2 aromatic heterocycles. The van der Waals surface area contributed by atoms with Crippen molar-refractivity contribution >= 4 is 0 Å². The Morgan fingerprint density at radius 2 is 1.93 bits per heavy atom. The van der Waals surface area contributed by atoms with Crippen LogP contribution in [0.5, 0.6) is 0 Å². The van der Waals surface area contributed by atoms with Gasteiger partial charge in [-0.25, -0.2) is 0 Å². The maximum absolute atomic E-state index is 4.68. The molecule has 0 radical (unpaired) electrons. The number of nitrogens with one attached hydrogen (secondary N) is 1. The fourth-order valence-electron chi connectivity index (χ4n) is 4.52. The fourth-order valence-corrected chi connectivity index (χ4v) is 4.52. The minimum atomic E-state index is 0.551. The zero-order valence-electron chi connectivity index (χ0n) is 17.5. The predicted molar refractivity (Wildman–Crippen MR) is 113 cm³/mol. The molecule has 0 amide bonds. The van der Waals surface area contributed by atoms with Gasteiger partial charge in [0.2, 0.25) is 0 Å². The van der Waals surface area contributed by atoms with Crippen LogP contribution in [0.25, 0.3) is 11.1 Å². The Kier molecular flexibility index (Phi) is 5.36. The summed E-state index contributed by atoms with van der Waals surface area (Å²) in [5.41, 5.74) is 9.02. The van der Waals surface area contributed by atoms with Crippen LogP contribution in [-0.2, 0) is 13.1 Å². The van der Waals surface area contributed by atoms with Crippen LogP contribution in [-0.4, -0.2) is 38.0 Å². The molecule has 1 aliphatic rings. The van der Waals surface area contributed by atoms with Crippen molar-refractivity contribution in [2.45, 2.75) is 59.5 Å². The summed E-state index contributed by atoms with van der Waals surface area (Å²) in [4.78, 5) is 2.58. The Balaban J connectivity index is 1.44. The van der Waals surface area contributed by atoms with E-state index in [1.165, 1.54) is 52.2 Å². The van der Waals surface area contributed by atoms with Gasteiger partial charge in [-0.2, -0.15) is 10.2 Å². The number of rotatable bonds is 5. The lowest BCUT2D eigenvalue weighted by molar-refractivity contribution is 0.202. The van der Waals surface area contributed by atoms with Crippen LogP contribution in [0.1, 0.15) is 53.9 Å². The van der Waals surface area contributed by atoms with Crippen molar-refractivity contribution in [3.63, 3.8) is 0 Å². The third kappa shape index (κ3) is 3.63. The third-order valence-electron chi connectivity index (χ3n) is 6.21. The van der Waals surface area contributed by atoms with Crippen molar-refractivity contribution in [2.75, 3.05) is 13.1 Å². The average molecular weight is 378 g/mol. The van der Waals surface area contributed by atoms with Gasteiger partial charge in [0.1, 0.15) is 0 Å². The van der Waals surface area contributed by atoms with Gasteiger partial charge in [-0.3, -0.25) is 14.7 Å². The van der Waals surface area contributed by atoms with E-state index in [1.807, 2.05) is 6.20 Å². The summed E-state index contributed by atoms with van der Waals surface area (Å²) < 4.78 is 2.12. The van der Waals surface area contributed by atoms with Gasteiger partial charge >= 0.3 is 0 Å². The van der Waals surface area contributed by atoms with E-state index in [-0.39, 0.29) is 0 Å². The Morgan fingerprint density at radius 3 is 2.61 bits per heavy atom. The monoisotopic (exact) mass is 377 g/mol. The Labute approximate surface area is 167 Å². The van der Waals surface area contributed by atoms with Gasteiger partial charge in [-0.1, -0.05) is 29.8 Å². The molecule has 0 bridgehead atoms. The second kappa shape index (κ2) is 7.92. The van der Waals surface area contributed by atoms with Crippen molar-refractivity contribution in [3.8, 4) is 11.1 Å². The van der Waals surface area contributed by atoms with Crippen molar-refractivity contribution < 1.29 is 0 Å². The number of aromatic nitrogens is 4. The minimum absolute atomic E-state index is 0.551. The number of aryl methyl sites for hydroxylation is 3. The number of piperidine rings is 1. The van der Waals surface area contributed by atoms with Crippen LogP contribution in [0.4, 0.5) is 0 Å². The summed E-state index contributed by atoms with van der Waals surface area (Å²) in [5.74, 6) is 0.551. The van der Waals surface area contributed by atoms with E-state index in [0.29, 0.717) is 5.92 Å². The Morgan fingerprint density at radius 1 is 1.14 bits per heavy atom. The lowest BCUT2D eigenvalue weighted by Crippen LogP contribution is -2.33. The SMILES string of the molecule is CCn1nc(C)c(CN2CCC(c3[nH]ncc3-c3cccc(C)c3)CC2)c1C. The molecule has 5 heteroatoms. The Hall–Kier alpha value is -2.40. The number of aromatic amines is 1. The molecule has 28 heavy (non-hydrogen) atoms. The quantitative estimate of drug-likeness (QED) is 0.707. The molecule has 0 spiro atoms. The van der Waals surface area contributed by atoms with Crippen LogP contribution < -0.4 is 0 Å². The summed E-state index contributed by atoms with van der Waals surface area (Å²) >= 11 is 0. The van der Waals surface area contributed by atoms with Gasteiger partial charge in [-0.05, 0) is 59.2 Å². The standard InChI is InChI=1S/C23H31N5/c1-5-28-18(4)22(17(3)26-28)15-27-11-9-19(10-12-27)23-21(14-24-25-23)20-8-6-7-16(2)13-20/h6-8,13-14,19H,5,9-12,15H2,1-4H3,(H,24,25). The molecule has 0 atom stereocenters. The topological polar surface area (TPSA) is 49.7 Å². The van der Waals surface area contributed by atoms with Crippen molar-refractivity contribution in [2.24, 2.45) is 0 Å². The van der Waals surface area contributed by atoms with E-state index in [2.05, 4.69) is 76.8 Å². The van der Waals surface area contributed by atoms with Crippen molar-refractivity contribution in [1.82, 2.24) is 24.9 Å². The summed E-state index contributed by atoms with van der Waals surface area (Å²) in [6.07, 6.45) is 4.32. The number of H-pyrrole nitrogens is 1. The van der Waals surface area contributed by atoms with E-state index < -0.39 is 0 Å². The third-order valence-corrected chi connectivity index (χ3v) is 6.21. The molecule has 4 rings (SSSR count). The molecule has 148 valence electrons. The average Bonchev–Trinajstić information content (AvgIpc) is 3.29. The molecule has 0 unspecified atom stereocenters. The van der Waals surface area contributed by atoms with E-state index in [4.69, 9.17) is 0 Å². The largest absolute Gasteiger partial charge is 0.299 e. The van der Waals surface area contributed by atoms with E-state index in [0.717, 1.165) is 26.2 Å². The first-order valence-corrected chi connectivity index (χ1v) is 10.4. The van der Waals surface area contributed by atoms with Gasteiger partial charge in [0, 0.05) is 41.5 Å². The van der Waals surface area contributed by atoms with Crippen molar-refractivity contribution in [3.05, 3.63) is 58.7 Å². The van der Waals surface area contributed by atoms with Crippen molar-refractivity contribution in [1.29, 1.82) is 0 Å². The zero-order chi connectivity index (χ0) is 19.7. The van der Waals surface area contributed by atoms with Crippen LogP contribution in [0.2, 0.25) is 0 Å². The van der Waals surface area contributed by atoms with Gasteiger partial charge in [0.05, 0.1) is 11.9 Å². The highest BCUT2D eigenvalue weighted by Gasteiger charge is 2.25. The maximum atomic E-state index is 4.68. The molecule has 3 aromatic rings. The van der Waals surface area contributed by atoms with Crippen LogP contribution >= 0.6 is 0 Å². The highest BCUT2D eigenvalue weighted by atomic mass is 15.3. The van der Waals surface area contributed by atoms with E-state index in [9.17, 15) is 0 Å². The molecule has 0 saturated carbocycles. The lowest BCUT2D eigenvalue weighted by Gasteiger charge is -2.32. The fraction of sp³-hybridized carbons (Fsp3) is 0.478. The Bertz CT molecular complexity index is 944. The van der Waals surface area contributed by atoms with Gasteiger partial charge in [0.25, 0.3) is 0 Å². The zero-order valence-corrected chi connectivity index (χ0v) is 17.5. The second-order valence-electron chi connectivity index (χ2n) is 8.08. The first-order valence-electron chi connectivity index (χ1n) is 10.4. The number of benzene rings is 1.